The molecule has 12 aliphatic rings. The lowest BCUT2D eigenvalue weighted by molar-refractivity contribution is -0.198. The molecular weight excluding hydrogens is 936 g/mol. The van der Waals surface area contributed by atoms with E-state index in [9.17, 15) is 24.3 Å². The monoisotopic (exact) mass is 1010 g/mol. The molecule has 0 radical (unpaired) electrons. The topological polar surface area (TPSA) is 140 Å². The van der Waals surface area contributed by atoms with Crippen LogP contribution in [0.3, 0.4) is 0 Å². The van der Waals surface area contributed by atoms with Crippen LogP contribution < -0.4 is 11.1 Å². The van der Waals surface area contributed by atoms with E-state index in [1.54, 1.807) is 11.5 Å². The first-order valence-corrected chi connectivity index (χ1v) is 28.4. The van der Waals surface area contributed by atoms with Crippen LogP contribution in [0.2, 0.25) is 0 Å². The molecule has 4 aromatic rings. The summed E-state index contributed by atoms with van der Waals surface area (Å²) in [6.45, 7) is 12.3. The second-order valence-electron chi connectivity index (χ2n) is 27.5. The van der Waals surface area contributed by atoms with Crippen molar-refractivity contribution in [2.24, 2.45) is 33.5 Å². The molecule has 1 N–H and O–H groups in total. The van der Waals surface area contributed by atoms with E-state index < -0.39 is 17.5 Å². The van der Waals surface area contributed by atoms with Crippen LogP contribution >= 0.6 is 12.4 Å². The van der Waals surface area contributed by atoms with Gasteiger partial charge in [0.1, 0.15) is 0 Å². The van der Waals surface area contributed by atoms with Crippen LogP contribution in [-0.2, 0) is 4.74 Å². The van der Waals surface area contributed by atoms with Crippen molar-refractivity contribution in [3.8, 4) is 0 Å². The highest BCUT2D eigenvalue weighted by Gasteiger charge is 2.66. The van der Waals surface area contributed by atoms with E-state index in [0.717, 1.165) is 48.6 Å². The normalized spacial score (nSPS) is 41.0. The number of para-hydroxylation sites is 4. The first-order valence-electron chi connectivity index (χ1n) is 28.4. The van der Waals surface area contributed by atoms with Gasteiger partial charge in [0.15, 0.2) is 0 Å². The smallest absolute Gasteiger partial charge is 0.362 e. The Morgan fingerprint density at radius 1 is 0.562 bits per heavy atom. The minimum atomic E-state index is -1.23. The Bertz CT molecular complexity index is 2940. The van der Waals surface area contributed by atoms with Crippen molar-refractivity contribution in [1.29, 1.82) is 0 Å². The van der Waals surface area contributed by atoms with Gasteiger partial charge in [0.05, 0.1) is 28.7 Å². The van der Waals surface area contributed by atoms with E-state index in [1.807, 2.05) is 53.1 Å². The van der Waals surface area contributed by atoms with Crippen LogP contribution in [0.4, 0.5) is 0 Å². The third-order valence-electron chi connectivity index (χ3n) is 21.2. The molecule has 2 aromatic carbocycles. The quantitative estimate of drug-likeness (QED) is 0.178. The van der Waals surface area contributed by atoms with E-state index in [4.69, 9.17) is 4.74 Å². The summed E-state index contributed by atoms with van der Waals surface area (Å²) in [5.41, 5.74) is 4.35. The predicted octanol–water partition coefficient (Wildman–Crippen LogP) is 11.7. The molecule has 73 heavy (non-hydrogen) atoms. The SMILES string of the molecule is CC12CC3CC(C)(C1)CC(N1[C@@H]4CCC[C@H]1CC(n1c(=O)c(C(=O)O)nc5ccccc51)C4)(C3)C2.CCOC(=O)c1nc2ccccc2n(C2C[C@H]3CCC[C@@H](C2)N3C23CC4CC(C)(CC(C)(C4)C2)C3)c1=O.Cl. The fourth-order valence-corrected chi connectivity index (χ4v) is 21.5. The molecule has 8 aliphatic carbocycles. The van der Waals surface area contributed by atoms with Crippen LogP contribution in [0.15, 0.2) is 58.1 Å². The molecule has 0 amide bonds. The number of benzene rings is 2. The van der Waals surface area contributed by atoms with Gasteiger partial charge in [-0.05, 0) is 193 Å². The Hall–Kier alpha value is -4.13. The van der Waals surface area contributed by atoms with Gasteiger partial charge in [0.25, 0.3) is 11.1 Å². The van der Waals surface area contributed by atoms with Gasteiger partial charge in [-0.1, -0.05) is 64.8 Å². The summed E-state index contributed by atoms with van der Waals surface area (Å²) in [5.74, 6) is -0.102. The Balaban J connectivity index is 0.000000147. The average Bonchev–Trinajstić information content (AvgIpc) is 3.28. The highest BCUT2D eigenvalue weighted by molar-refractivity contribution is 5.90. The number of carbonyl (C=O) groups is 2. The lowest BCUT2D eigenvalue weighted by Crippen LogP contribution is -2.71. The van der Waals surface area contributed by atoms with Crippen LogP contribution in [0, 0.1) is 33.5 Å². The lowest BCUT2D eigenvalue weighted by atomic mass is 9.42. The number of carboxylic acid groups (broad SMARTS) is 1. The van der Waals surface area contributed by atoms with Gasteiger partial charge in [-0.2, -0.15) is 0 Å². The number of carbonyl (C=O) groups excluding carboxylic acids is 1. The van der Waals surface area contributed by atoms with Crippen molar-refractivity contribution in [1.82, 2.24) is 28.9 Å². The standard InChI is InChI=1S/C31H41N3O3.C29H37N3O3.ClH/c1-4-37-28(36)26-27(35)33(25-11-6-5-10-24(25)32-26)23-12-21-8-7-9-22(13-23)34(21)31-16-20-14-29(2,18-31)17-30(3,15-20)19-31;1-27-12-18-13-28(2,15-27)17-29(14-18,16-27)32-19-6-5-7-20(32)11-21(10-19)31-23-9-4-3-8-22(23)30-24(25(31)33)26(34)35;/h5-6,10-11,20-23H,4,7-9,12-19H2,1-3H3;3-4,8-9,18-21H,5-7,10-17H2,1-2H3,(H,34,35);1H/t20?,21-,22+,23?,29?,30?,31?;18?,19-,20+,21?,27?,28?,29?;. The number of hydrogen-bond donors (Lipinski definition) is 1. The van der Waals surface area contributed by atoms with Crippen LogP contribution in [0.25, 0.3) is 22.1 Å². The molecule has 392 valence electrons. The van der Waals surface area contributed by atoms with Crippen molar-refractivity contribution in [3.05, 3.63) is 80.6 Å². The maximum Gasteiger partial charge on any atom is 0.362 e. The van der Waals surface area contributed by atoms with Gasteiger partial charge in [-0.15, -0.1) is 12.4 Å². The zero-order chi connectivity index (χ0) is 49.7. The number of nitrogens with zero attached hydrogens (tertiary/aromatic N) is 6. The third-order valence-corrected chi connectivity index (χ3v) is 21.2. The third kappa shape index (κ3) is 8.08. The summed E-state index contributed by atoms with van der Waals surface area (Å²) < 4.78 is 8.94. The van der Waals surface area contributed by atoms with E-state index in [2.05, 4.69) is 47.5 Å². The van der Waals surface area contributed by atoms with E-state index in [1.165, 1.54) is 116 Å². The molecule has 0 spiro atoms. The molecule has 12 bridgehead atoms. The number of halogens is 1. The van der Waals surface area contributed by atoms with Crippen LogP contribution in [0.1, 0.15) is 209 Å². The van der Waals surface area contributed by atoms with E-state index in [0.29, 0.717) is 67.9 Å². The lowest BCUT2D eigenvalue weighted by Gasteiger charge is -2.71. The Kier molecular flexibility index (Phi) is 11.9. The fraction of sp³-hybridized carbons (Fsp3) is 0.700. The van der Waals surface area contributed by atoms with Gasteiger partial charge >= 0.3 is 11.9 Å². The Morgan fingerprint density at radius 3 is 1.30 bits per heavy atom. The number of hydrogen-bond acceptors (Lipinski definition) is 9. The molecule has 6 unspecified atom stereocenters. The first-order chi connectivity index (χ1) is 34.4. The number of esters is 1. The van der Waals surface area contributed by atoms with Crippen molar-refractivity contribution < 1.29 is 19.4 Å². The molecule has 4 aliphatic heterocycles. The molecule has 4 saturated heterocycles. The Morgan fingerprint density at radius 2 is 0.932 bits per heavy atom. The van der Waals surface area contributed by atoms with Crippen molar-refractivity contribution >= 4 is 46.4 Å². The summed E-state index contributed by atoms with van der Waals surface area (Å²) in [7, 11) is 0. The van der Waals surface area contributed by atoms with E-state index in [-0.39, 0.29) is 48.0 Å². The minimum absolute atomic E-state index is 0. The average molecular weight is 1020 g/mol. The van der Waals surface area contributed by atoms with Gasteiger partial charge in [-0.3, -0.25) is 19.4 Å². The Labute approximate surface area is 436 Å². The molecule has 8 saturated carbocycles. The van der Waals surface area contributed by atoms with Crippen molar-refractivity contribution in [2.75, 3.05) is 6.61 Å². The largest absolute Gasteiger partial charge is 0.476 e. The molecule has 16 rings (SSSR count). The summed E-state index contributed by atoms with van der Waals surface area (Å²) in [6.07, 6.45) is 27.8. The molecule has 2 aromatic heterocycles. The summed E-state index contributed by atoms with van der Waals surface area (Å²) in [4.78, 5) is 66.5. The van der Waals surface area contributed by atoms with E-state index >= 15 is 0 Å². The number of fused-ring (bicyclic) bond motifs is 6. The molecule has 10 atom stereocenters. The maximum atomic E-state index is 13.8. The second-order valence-corrected chi connectivity index (χ2v) is 27.5. The number of aromatic nitrogens is 4. The number of aromatic carboxylic acids is 1. The number of rotatable bonds is 7. The fourth-order valence-electron chi connectivity index (χ4n) is 21.5. The zero-order valence-electron chi connectivity index (χ0n) is 44.1. The number of piperidine rings is 4. The molecular formula is C60H79ClN6O6. The molecule has 6 heterocycles. The summed E-state index contributed by atoms with van der Waals surface area (Å²) in [5, 5.41) is 9.71. The minimum Gasteiger partial charge on any atom is -0.476 e. The molecule has 12 nitrogen and oxygen atoms in total. The van der Waals surface area contributed by atoms with Gasteiger partial charge in [0, 0.05) is 47.3 Å². The van der Waals surface area contributed by atoms with Gasteiger partial charge < -0.3 is 19.0 Å². The second kappa shape index (κ2) is 17.5. The van der Waals surface area contributed by atoms with Crippen LogP contribution in [0.5, 0.6) is 0 Å². The van der Waals surface area contributed by atoms with Crippen molar-refractivity contribution in [2.45, 2.75) is 223 Å². The number of ether oxygens (including phenoxy) is 1. The molecule has 13 heteroatoms. The summed E-state index contributed by atoms with van der Waals surface area (Å²) >= 11 is 0. The highest BCUT2D eigenvalue weighted by Crippen LogP contribution is 2.71. The molecule has 12 fully saturated rings. The van der Waals surface area contributed by atoms with Gasteiger partial charge in [0.2, 0.25) is 11.4 Å². The zero-order valence-corrected chi connectivity index (χ0v) is 44.9. The predicted molar refractivity (Wildman–Crippen MR) is 286 cm³/mol. The van der Waals surface area contributed by atoms with Gasteiger partial charge in [-0.25, -0.2) is 19.6 Å². The first kappa shape index (κ1) is 49.7. The number of carboxylic acids is 1. The summed E-state index contributed by atoms with van der Waals surface area (Å²) in [6, 6.07) is 17.4. The maximum absolute atomic E-state index is 13.8. The van der Waals surface area contributed by atoms with Crippen LogP contribution in [-0.4, -0.2) is 87.8 Å². The highest BCUT2D eigenvalue weighted by atomic mass is 35.5. The van der Waals surface area contributed by atoms with Crippen molar-refractivity contribution in [3.63, 3.8) is 0 Å².